The Kier molecular flexibility index (Phi) is 8.09. The largest absolute Gasteiger partial charge is 0.497 e. The summed E-state index contributed by atoms with van der Waals surface area (Å²) in [7, 11) is 1.66. The number of benzene rings is 1. The van der Waals surface area contributed by atoms with E-state index in [0.29, 0.717) is 26.4 Å². The van der Waals surface area contributed by atoms with Crippen LogP contribution in [0, 0.1) is 0 Å². The van der Waals surface area contributed by atoms with Crippen LogP contribution in [0.3, 0.4) is 0 Å². The first-order valence-corrected chi connectivity index (χ1v) is 10.1. The number of nitrogens with one attached hydrogen (secondary N) is 1. The molecular weight excluding hydrogens is 360 g/mol. The molecule has 0 bridgehead atoms. The Hall–Kier alpha value is -1.67. The van der Waals surface area contributed by atoms with Gasteiger partial charge in [0.15, 0.2) is 0 Å². The normalized spacial score (nSPS) is 22.6. The number of ether oxygens (including phenoxy) is 4. The number of nitrogens with zero attached hydrogens (tertiary/aromatic N) is 1. The van der Waals surface area contributed by atoms with Crippen molar-refractivity contribution in [3.8, 4) is 5.75 Å². The van der Waals surface area contributed by atoms with E-state index in [4.69, 9.17) is 18.9 Å². The third-order valence-electron chi connectivity index (χ3n) is 5.38. The molecule has 0 unspecified atom stereocenters. The van der Waals surface area contributed by atoms with E-state index in [1.807, 2.05) is 12.1 Å². The monoisotopic (exact) mass is 392 g/mol. The van der Waals surface area contributed by atoms with Crippen molar-refractivity contribution in [2.75, 3.05) is 53.2 Å². The average molecular weight is 392 g/mol. The standard InChI is InChI=1S/C21H32N2O5/c1-16(28-15-19-4-3-11-27-19)21(24)22-14-20(23-9-12-26-13-10-23)17-5-7-18(25-2)8-6-17/h5-8,16,19-20H,3-4,9-15H2,1-2H3,(H,22,24)/t16-,19-,20+/m1/s1. The molecule has 7 heteroatoms. The van der Waals surface area contributed by atoms with Crippen molar-refractivity contribution in [1.82, 2.24) is 10.2 Å². The fourth-order valence-electron chi connectivity index (χ4n) is 3.62. The number of morpholine rings is 1. The number of methoxy groups -OCH3 is 1. The van der Waals surface area contributed by atoms with Gasteiger partial charge in [-0.15, -0.1) is 0 Å². The summed E-state index contributed by atoms with van der Waals surface area (Å²) < 4.78 is 22.0. The lowest BCUT2D eigenvalue weighted by Crippen LogP contribution is -2.45. The Morgan fingerprint density at radius 3 is 2.64 bits per heavy atom. The van der Waals surface area contributed by atoms with Crippen molar-refractivity contribution < 1.29 is 23.7 Å². The molecule has 1 aromatic carbocycles. The zero-order valence-corrected chi connectivity index (χ0v) is 16.9. The molecule has 2 aliphatic heterocycles. The molecule has 1 N–H and O–H groups in total. The van der Waals surface area contributed by atoms with Crippen LogP contribution < -0.4 is 10.1 Å². The average Bonchev–Trinajstić information content (AvgIpc) is 3.27. The number of hydrogen-bond donors (Lipinski definition) is 1. The molecule has 1 aromatic rings. The fourth-order valence-corrected chi connectivity index (χ4v) is 3.62. The molecular formula is C21H32N2O5. The molecule has 156 valence electrons. The van der Waals surface area contributed by atoms with Crippen molar-refractivity contribution in [3.05, 3.63) is 29.8 Å². The van der Waals surface area contributed by atoms with E-state index in [2.05, 4.69) is 22.3 Å². The van der Waals surface area contributed by atoms with E-state index in [0.717, 1.165) is 43.9 Å². The van der Waals surface area contributed by atoms with E-state index in [1.54, 1.807) is 14.0 Å². The van der Waals surface area contributed by atoms with E-state index in [1.165, 1.54) is 0 Å². The second kappa shape index (κ2) is 10.8. The Labute approximate surface area is 167 Å². The molecule has 1 amide bonds. The van der Waals surface area contributed by atoms with Gasteiger partial charge in [0, 0.05) is 26.2 Å². The molecule has 2 fully saturated rings. The number of rotatable bonds is 9. The van der Waals surface area contributed by atoms with Gasteiger partial charge in [0.1, 0.15) is 11.9 Å². The highest BCUT2D eigenvalue weighted by molar-refractivity contribution is 5.80. The van der Waals surface area contributed by atoms with Crippen LogP contribution in [0.2, 0.25) is 0 Å². The Morgan fingerprint density at radius 2 is 2.00 bits per heavy atom. The summed E-state index contributed by atoms with van der Waals surface area (Å²) in [5.41, 5.74) is 1.15. The molecule has 7 nitrogen and oxygen atoms in total. The number of carbonyl (C=O) groups is 1. The summed E-state index contributed by atoms with van der Waals surface area (Å²) in [5, 5.41) is 3.06. The Balaban J connectivity index is 1.55. The Morgan fingerprint density at radius 1 is 1.25 bits per heavy atom. The molecule has 3 rings (SSSR count). The van der Waals surface area contributed by atoms with Gasteiger partial charge in [-0.1, -0.05) is 12.1 Å². The van der Waals surface area contributed by atoms with Crippen LogP contribution in [0.5, 0.6) is 5.75 Å². The fraction of sp³-hybridized carbons (Fsp3) is 0.667. The lowest BCUT2D eigenvalue weighted by atomic mass is 10.0. The molecule has 0 radical (unpaired) electrons. The second-order valence-electron chi connectivity index (χ2n) is 7.29. The highest BCUT2D eigenvalue weighted by Gasteiger charge is 2.25. The molecule has 0 saturated carbocycles. The first-order chi connectivity index (χ1) is 13.7. The summed E-state index contributed by atoms with van der Waals surface area (Å²) >= 11 is 0. The predicted octanol–water partition coefficient (Wildman–Crippen LogP) is 1.77. The first-order valence-electron chi connectivity index (χ1n) is 10.1. The summed E-state index contributed by atoms with van der Waals surface area (Å²) in [6, 6.07) is 8.12. The van der Waals surface area contributed by atoms with Crippen molar-refractivity contribution in [1.29, 1.82) is 0 Å². The van der Waals surface area contributed by atoms with Gasteiger partial charge in [0.2, 0.25) is 5.91 Å². The summed E-state index contributed by atoms with van der Waals surface area (Å²) in [6.07, 6.45) is 1.70. The van der Waals surface area contributed by atoms with Crippen LogP contribution in [0.4, 0.5) is 0 Å². The van der Waals surface area contributed by atoms with Crippen molar-refractivity contribution >= 4 is 5.91 Å². The highest BCUT2D eigenvalue weighted by atomic mass is 16.5. The highest BCUT2D eigenvalue weighted by Crippen LogP contribution is 2.23. The van der Waals surface area contributed by atoms with Crippen molar-refractivity contribution in [2.24, 2.45) is 0 Å². The number of amides is 1. The summed E-state index contributed by atoms with van der Waals surface area (Å²) in [6.45, 7) is 6.69. The first kappa shape index (κ1) is 21.0. The van der Waals surface area contributed by atoms with Gasteiger partial charge >= 0.3 is 0 Å². The minimum Gasteiger partial charge on any atom is -0.497 e. The Bertz CT molecular complexity index is 597. The molecule has 0 aliphatic carbocycles. The van der Waals surface area contributed by atoms with Crippen LogP contribution >= 0.6 is 0 Å². The molecule has 2 heterocycles. The van der Waals surface area contributed by atoms with Gasteiger partial charge < -0.3 is 24.3 Å². The van der Waals surface area contributed by atoms with Gasteiger partial charge in [0.25, 0.3) is 0 Å². The molecule has 2 aliphatic rings. The SMILES string of the molecule is COc1ccc([C@H](CNC(=O)[C@@H](C)OC[C@H]2CCCO2)N2CCOCC2)cc1. The summed E-state index contributed by atoms with van der Waals surface area (Å²) in [5.74, 6) is 0.731. The minimum atomic E-state index is -0.495. The van der Waals surface area contributed by atoms with Crippen LogP contribution in [0.1, 0.15) is 31.4 Å². The smallest absolute Gasteiger partial charge is 0.248 e. The summed E-state index contributed by atoms with van der Waals surface area (Å²) in [4.78, 5) is 14.9. The van der Waals surface area contributed by atoms with E-state index >= 15 is 0 Å². The van der Waals surface area contributed by atoms with Crippen molar-refractivity contribution in [2.45, 2.75) is 38.0 Å². The van der Waals surface area contributed by atoms with Crippen LogP contribution in [-0.2, 0) is 19.0 Å². The van der Waals surface area contributed by atoms with Crippen molar-refractivity contribution in [3.63, 3.8) is 0 Å². The lowest BCUT2D eigenvalue weighted by molar-refractivity contribution is -0.134. The zero-order chi connectivity index (χ0) is 19.8. The lowest BCUT2D eigenvalue weighted by Gasteiger charge is -2.35. The molecule has 0 aromatic heterocycles. The van der Waals surface area contributed by atoms with Crippen LogP contribution in [-0.4, -0.2) is 76.2 Å². The second-order valence-corrected chi connectivity index (χ2v) is 7.29. The van der Waals surface area contributed by atoms with E-state index in [9.17, 15) is 4.79 Å². The minimum absolute atomic E-state index is 0.0871. The van der Waals surface area contributed by atoms with Crippen LogP contribution in [0.15, 0.2) is 24.3 Å². The molecule has 2 saturated heterocycles. The quantitative estimate of drug-likeness (QED) is 0.691. The molecule has 3 atom stereocenters. The van der Waals surface area contributed by atoms with Gasteiger partial charge in [-0.25, -0.2) is 0 Å². The number of carbonyl (C=O) groups excluding carboxylic acids is 1. The van der Waals surface area contributed by atoms with Crippen LogP contribution in [0.25, 0.3) is 0 Å². The third kappa shape index (κ3) is 5.91. The zero-order valence-electron chi connectivity index (χ0n) is 16.9. The van der Waals surface area contributed by atoms with Gasteiger partial charge in [-0.05, 0) is 37.5 Å². The number of hydrogen-bond acceptors (Lipinski definition) is 6. The molecule has 28 heavy (non-hydrogen) atoms. The maximum Gasteiger partial charge on any atom is 0.248 e. The maximum atomic E-state index is 12.5. The molecule has 0 spiro atoms. The van der Waals surface area contributed by atoms with E-state index in [-0.39, 0.29) is 18.1 Å². The predicted molar refractivity (Wildman–Crippen MR) is 106 cm³/mol. The van der Waals surface area contributed by atoms with E-state index < -0.39 is 6.10 Å². The van der Waals surface area contributed by atoms with Gasteiger partial charge in [0.05, 0.1) is 39.1 Å². The van der Waals surface area contributed by atoms with Gasteiger partial charge in [-0.3, -0.25) is 9.69 Å². The van der Waals surface area contributed by atoms with Gasteiger partial charge in [-0.2, -0.15) is 0 Å². The third-order valence-corrected chi connectivity index (χ3v) is 5.38. The maximum absolute atomic E-state index is 12.5. The topological polar surface area (TPSA) is 69.3 Å².